The largest absolute Gasteiger partial charge is 0.481 e. The Hall–Kier alpha value is -2.03. The van der Waals surface area contributed by atoms with Gasteiger partial charge in [-0.25, -0.2) is 0 Å². The van der Waals surface area contributed by atoms with Crippen molar-refractivity contribution in [2.75, 3.05) is 0 Å². The highest BCUT2D eigenvalue weighted by Gasteiger charge is 2.12. The van der Waals surface area contributed by atoms with Gasteiger partial charge in [0.25, 0.3) is 0 Å². The quantitative estimate of drug-likeness (QED) is 0.807. The highest BCUT2D eigenvalue weighted by atomic mass is 16.5. The number of hydrogen-bond donors (Lipinski definition) is 0. The van der Waals surface area contributed by atoms with Gasteiger partial charge >= 0.3 is 0 Å². The summed E-state index contributed by atoms with van der Waals surface area (Å²) in [5.74, 6) is 0.735. The second-order valence-electron chi connectivity index (χ2n) is 3.93. The van der Waals surface area contributed by atoms with Crippen molar-refractivity contribution in [1.29, 1.82) is 0 Å². The van der Waals surface area contributed by atoms with Gasteiger partial charge < -0.3 is 9.30 Å². The first-order chi connectivity index (χ1) is 8.18. The average Bonchev–Trinajstić information content (AvgIpc) is 2.83. The predicted octanol–water partition coefficient (Wildman–Crippen LogP) is 2.83. The second kappa shape index (κ2) is 4.87. The Morgan fingerprint density at radius 1 is 1.18 bits per heavy atom. The molecule has 0 unspecified atom stereocenters. The Bertz CT molecular complexity index is 503. The van der Waals surface area contributed by atoms with Gasteiger partial charge in [0.1, 0.15) is 5.75 Å². The Morgan fingerprint density at radius 3 is 2.47 bits per heavy atom. The van der Waals surface area contributed by atoms with Crippen LogP contribution in [0.25, 0.3) is 5.69 Å². The SMILES string of the molecule is CC(=O)[C@H](C)Oc1ccccc1-n1cccc1. The molecule has 0 bridgehead atoms. The minimum atomic E-state index is -0.424. The van der Waals surface area contributed by atoms with E-state index in [0.717, 1.165) is 5.69 Å². The summed E-state index contributed by atoms with van der Waals surface area (Å²) in [5, 5.41) is 0. The van der Waals surface area contributed by atoms with E-state index in [9.17, 15) is 4.79 Å². The molecule has 0 amide bonds. The van der Waals surface area contributed by atoms with Gasteiger partial charge in [-0.1, -0.05) is 12.1 Å². The molecule has 0 spiro atoms. The second-order valence-corrected chi connectivity index (χ2v) is 3.93. The van der Waals surface area contributed by atoms with Crippen LogP contribution in [0.3, 0.4) is 0 Å². The number of carbonyl (C=O) groups is 1. The number of rotatable bonds is 4. The van der Waals surface area contributed by atoms with Crippen LogP contribution in [0, 0.1) is 0 Å². The van der Waals surface area contributed by atoms with Crippen LogP contribution in [0.2, 0.25) is 0 Å². The summed E-state index contributed by atoms with van der Waals surface area (Å²) in [4.78, 5) is 11.2. The summed E-state index contributed by atoms with van der Waals surface area (Å²) in [7, 11) is 0. The van der Waals surface area contributed by atoms with E-state index in [1.807, 2.05) is 53.4 Å². The van der Waals surface area contributed by atoms with Crippen LogP contribution in [-0.2, 0) is 4.79 Å². The van der Waals surface area contributed by atoms with Gasteiger partial charge in [0.2, 0.25) is 0 Å². The fourth-order valence-electron chi connectivity index (χ4n) is 1.54. The van der Waals surface area contributed by atoms with Crippen molar-refractivity contribution in [3.63, 3.8) is 0 Å². The molecule has 88 valence electrons. The van der Waals surface area contributed by atoms with Crippen LogP contribution in [0.5, 0.6) is 5.75 Å². The Kier molecular flexibility index (Phi) is 3.28. The normalized spacial score (nSPS) is 12.1. The minimum Gasteiger partial charge on any atom is -0.481 e. The van der Waals surface area contributed by atoms with Gasteiger partial charge in [-0.3, -0.25) is 4.79 Å². The molecule has 1 heterocycles. The number of ether oxygens (including phenoxy) is 1. The van der Waals surface area contributed by atoms with E-state index in [-0.39, 0.29) is 5.78 Å². The maximum absolute atomic E-state index is 11.2. The Labute approximate surface area is 101 Å². The standard InChI is InChI=1S/C14H15NO2/c1-11(16)12(2)17-14-8-4-3-7-13(14)15-9-5-6-10-15/h3-10,12H,1-2H3/t12-/m0/s1. The lowest BCUT2D eigenvalue weighted by atomic mass is 10.2. The van der Waals surface area contributed by atoms with Gasteiger partial charge in [-0.15, -0.1) is 0 Å². The smallest absolute Gasteiger partial charge is 0.169 e. The van der Waals surface area contributed by atoms with E-state index >= 15 is 0 Å². The number of nitrogens with zero attached hydrogens (tertiary/aromatic N) is 1. The number of para-hydroxylation sites is 2. The van der Waals surface area contributed by atoms with E-state index in [1.54, 1.807) is 6.92 Å². The van der Waals surface area contributed by atoms with Crippen LogP contribution in [0.1, 0.15) is 13.8 Å². The summed E-state index contributed by atoms with van der Waals surface area (Å²) in [6, 6.07) is 11.6. The monoisotopic (exact) mass is 229 g/mol. The van der Waals surface area contributed by atoms with Crippen molar-refractivity contribution >= 4 is 5.78 Å². The maximum Gasteiger partial charge on any atom is 0.169 e. The maximum atomic E-state index is 11.2. The van der Waals surface area contributed by atoms with Crippen molar-refractivity contribution in [3.05, 3.63) is 48.8 Å². The Morgan fingerprint density at radius 2 is 1.82 bits per heavy atom. The van der Waals surface area contributed by atoms with Crippen molar-refractivity contribution in [3.8, 4) is 11.4 Å². The van der Waals surface area contributed by atoms with E-state index in [4.69, 9.17) is 4.74 Å². The first kappa shape index (κ1) is 11.5. The Balaban J connectivity index is 2.32. The van der Waals surface area contributed by atoms with Crippen LogP contribution in [0.4, 0.5) is 0 Å². The van der Waals surface area contributed by atoms with Crippen LogP contribution in [0.15, 0.2) is 48.8 Å². The molecule has 0 saturated carbocycles. The molecular formula is C14H15NO2. The summed E-state index contributed by atoms with van der Waals surface area (Å²) >= 11 is 0. The zero-order chi connectivity index (χ0) is 12.3. The van der Waals surface area contributed by atoms with Crippen LogP contribution < -0.4 is 4.74 Å². The number of Topliss-reactive ketones (excluding diaryl/α,β-unsaturated/α-hetero) is 1. The zero-order valence-corrected chi connectivity index (χ0v) is 9.96. The third-order valence-electron chi connectivity index (χ3n) is 2.62. The van der Waals surface area contributed by atoms with Gasteiger partial charge in [0, 0.05) is 12.4 Å². The summed E-state index contributed by atoms with van der Waals surface area (Å²) < 4.78 is 7.62. The molecule has 0 radical (unpaired) electrons. The molecule has 0 aliphatic rings. The number of carbonyl (C=O) groups excluding carboxylic acids is 1. The number of ketones is 1. The molecule has 17 heavy (non-hydrogen) atoms. The lowest BCUT2D eigenvalue weighted by Crippen LogP contribution is -2.21. The number of aromatic nitrogens is 1. The summed E-state index contributed by atoms with van der Waals surface area (Å²) in [6.07, 6.45) is 3.47. The first-order valence-corrected chi connectivity index (χ1v) is 5.58. The first-order valence-electron chi connectivity index (χ1n) is 5.58. The fourth-order valence-corrected chi connectivity index (χ4v) is 1.54. The molecule has 1 aromatic heterocycles. The van der Waals surface area contributed by atoms with Crippen molar-refractivity contribution in [2.45, 2.75) is 20.0 Å². The van der Waals surface area contributed by atoms with E-state index in [1.165, 1.54) is 6.92 Å². The van der Waals surface area contributed by atoms with Gasteiger partial charge in [-0.2, -0.15) is 0 Å². The fraction of sp³-hybridized carbons (Fsp3) is 0.214. The summed E-state index contributed by atoms with van der Waals surface area (Å²) in [6.45, 7) is 3.29. The molecule has 1 aromatic carbocycles. The molecule has 0 aliphatic carbocycles. The van der Waals surface area contributed by atoms with Crippen LogP contribution in [-0.4, -0.2) is 16.5 Å². The van der Waals surface area contributed by atoms with Crippen LogP contribution >= 0.6 is 0 Å². The molecule has 0 saturated heterocycles. The highest BCUT2D eigenvalue weighted by molar-refractivity contribution is 5.80. The zero-order valence-electron chi connectivity index (χ0n) is 9.96. The van der Waals surface area contributed by atoms with E-state index < -0.39 is 6.10 Å². The van der Waals surface area contributed by atoms with E-state index in [2.05, 4.69) is 0 Å². The number of hydrogen-bond acceptors (Lipinski definition) is 2. The van der Waals surface area contributed by atoms with Gasteiger partial charge in [0.05, 0.1) is 5.69 Å². The third kappa shape index (κ3) is 2.56. The van der Waals surface area contributed by atoms with Crippen molar-refractivity contribution in [1.82, 2.24) is 4.57 Å². The molecule has 2 aromatic rings. The molecule has 3 nitrogen and oxygen atoms in total. The van der Waals surface area contributed by atoms with E-state index in [0.29, 0.717) is 5.75 Å². The topological polar surface area (TPSA) is 31.2 Å². The molecule has 2 rings (SSSR count). The average molecular weight is 229 g/mol. The lowest BCUT2D eigenvalue weighted by Gasteiger charge is -2.15. The summed E-state index contributed by atoms with van der Waals surface area (Å²) in [5.41, 5.74) is 0.936. The molecular weight excluding hydrogens is 214 g/mol. The third-order valence-corrected chi connectivity index (χ3v) is 2.62. The highest BCUT2D eigenvalue weighted by Crippen LogP contribution is 2.23. The molecule has 3 heteroatoms. The van der Waals surface area contributed by atoms with Crippen molar-refractivity contribution in [2.24, 2.45) is 0 Å². The van der Waals surface area contributed by atoms with Gasteiger partial charge in [0.15, 0.2) is 11.9 Å². The minimum absolute atomic E-state index is 0.0207. The van der Waals surface area contributed by atoms with Gasteiger partial charge in [-0.05, 0) is 38.1 Å². The molecule has 0 N–H and O–H groups in total. The van der Waals surface area contributed by atoms with Crippen molar-refractivity contribution < 1.29 is 9.53 Å². The molecule has 0 fully saturated rings. The molecule has 0 aliphatic heterocycles. The predicted molar refractivity (Wildman–Crippen MR) is 66.5 cm³/mol. The number of benzene rings is 1. The molecule has 1 atom stereocenters. The lowest BCUT2D eigenvalue weighted by molar-refractivity contribution is -0.122.